The van der Waals surface area contributed by atoms with Crippen molar-refractivity contribution in [1.82, 2.24) is 20.0 Å². The van der Waals surface area contributed by atoms with Gasteiger partial charge in [-0.2, -0.15) is 0 Å². The molecule has 12 nitrogen and oxygen atoms in total. The van der Waals surface area contributed by atoms with E-state index < -0.39 is 11.6 Å². The summed E-state index contributed by atoms with van der Waals surface area (Å²) in [4.78, 5) is 62.5. The number of hydrogen-bond donors (Lipinski definition) is 2. The van der Waals surface area contributed by atoms with Gasteiger partial charge in [0, 0.05) is 49.7 Å². The fraction of sp³-hybridized carbons (Fsp3) is 0.606. The maximum Gasteiger partial charge on any atom is 0.410 e. The molecule has 0 saturated carbocycles. The Hall–Kier alpha value is -4.09. The van der Waals surface area contributed by atoms with Gasteiger partial charge < -0.3 is 29.2 Å². The van der Waals surface area contributed by atoms with Crippen LogP contribution in [0.3, 0.4) is 0 Å². The van der Waals surface area contributed by atoms with E-state index in [0.29, 0.717) is 44.6 Å². The standard InChI is InChI=1S/C33H46N6O6/c1-22-19-24-20-25(10-11-27(24)44-22)34-31(36-29(41)23-12-17-38(18-13-23)32(43)45-33(2,3)4)35-26-9-5-6-16-39(30(26)42)21-28(40)37-14-7-8-15-37/h10-11,19-20,23,26H,5-9,12-18,21H2,1-4H3,(H2,34,35,36,41). The molecule has 0 aliphatic carbocycles. The Morgan fingerprint density at radius 2 is 1.67 bits per heavy atom. The maximum atomic E-state index is 13.7. The fourth-order valence-corrected chi connectivity index (χ4v) is 6.10. The van der Waals surface area contributed by atoms with Crippen LogP contribution in [0.4, 0.5) is 10.5 Å². The molecule has 12 heteroatoms. The Balaban J connectivity index is 1.31. The molecule has 45 heavy (non-hydrogen) atoms. The number of guanidine groups is 1. The summed E-state index contributed by atoms with van der Waals surface area (Å²) < 4.78 is 11.2. The minimum absolute atomic E-state index is 0.0291. The smallest absolute Gasteiger partial charge is 0.410 e. The van der Waals surface area contributed by atoms with Crippen molar-refractivity contribution in [1.29, 1.82) is 0 Å². The largest absolute Gasteiger partial charge is 0.461 e. The molecule has 3 aliphatic rings. The molecule has 3 aliphatic heterocycles. The summed E-state index contributed by atoms with van der Waals surface area (Å²) in [5.41, 5.74) is 0.839. The minimum atomic E-state index is -0.740. The fourth-order valence-electron chi connectivity index (χ4n) is 6.10. The zero-order valence-corrected chi connectivity index (χ0v) is 26.9. The molecule has 244 valence electrons. The van der Waals surface area contributed by atoms with Crippen LogP contribution >= 0.6 is 0 Å². The van der Waals surface area contributed by atoms with Crippen LogP contribution in [0.25, 0.3) is 11.0 Å². The Bertz CT molecular complexity index is 1430. The van der Waals surface area contributed by atoms with E-state index in [-0.39, 0.29) is 42.2 Å². The van der Waals surface area contributed by atoms with Crippen molar-refractivity contribution in [3.8, 4) is 0 Å². The second kappa shape index (κ2) is 13.9. The highest BCUT2D eigenvalue weighted by atomic mass is 16.6. The molecule has 3 fully saturated rings. The van der Waals surface area contributed by atoms with Crippen molar-refractivity contribution in [2.24, 2.45) is 10.9 Å². The van der Waals surface area contributed by atoms with Crippen molar-refractivity contribution in [2.75, 3.05) is 44.6 Å². The van der Waals surface area contributed by atoms with Crippen molar-refractivity contribution < 1.29 is 28.3 Å². The summed E-state index contributed by atoms with van der Waals surface area (Å²) in [7, 11) is 0. The van der Waals surface area contributed by atoms with E-state index in [4.69, 9.17) is 14.1 Å². The van der Waals surface area contributed by atoms with Crippen LogP contribution in [-0.4, -0.2) is 95.4 Å². The Kier molecular flexibility index (Phi) is 9.99. The third-order valence-corrected chi connectivity index (χ3v) is 8.48. The Labute approximate surface area is 264 Å². The summed E-state index contributed by atoms with van der Waals surface area (Å²) in [6.45, 7) is 10.2. The molecule has 1 atom stereocenters. The number of benzene rings is 1. The van der Waals surface area contributed by atoms with Crippen LogP contribution in [0.2, 0.25) is 0 Å². The molecule has 1 unspecified atom stereocenters. The number of carbonyl (C=O) groups excluding carboxylic acids is 4. The van der Waals surface area contributed by atoms with Crippen molar-refractivity contribution in [3.05, 3.63) is 30.0 Å². The molecule has 2 aromatic rings. The molecule has 3 saturated heterocycles. The van der Waals surface area contributed by atoms with Crippen LogP contribution < -0.4 is 10.6 Å². The molecule has 0 bridgehead atoms. The van der Waals surface area contributed by atoms with E-state index in [9.17, 15) is 19.2 Å². The van der Waals surface area contributed by atoms with Gasteiger partial charge in [0.15, 0.2) is 0 Å². The first-order valence-electron chi connectivity index (χ1n) is 16.2. The predicted molar refractivity (Wildman–Crippen MR) is 171 cm³/mol. The molecule has 5 rings (SSSR count). The molecular weight excluding hydrogens is 576 g/mol. The number of fused-ring (bicyclic) bond motifs is 1. The highest BCUT2D eigenvalue weighted by Crippen LogP contribution is 2.24. The summed E-state index contributed by atoms with van der Waals surface area (Å²) in [6, 6.07) is 6.78. The normalized spacial score (nSPS) is 20.4. The van der Waals surface area contributed by atoms with Gasteiger partial charge in [0.2, 0.25) is 23.7 Å². The lowest BCUT2D eigenvalue weighted by Gasteiger charge is -2.33. The average Bonchev–Trinajstić information content (AvgIpc) is 3.62. The SMILES string of the molecule is Cc1cc2cc(NC(=NC3CCCCN(CC(=O)N4CCCC4)C3=O)NC(=O)C3CCN(C(=O)OC(C)(C)C)CC3)ccc2o1. The first kappa shape index (κ1) is 32.3. The predicted octanol–water partition coefficient (Wildman–Crippen LogP) is 4.28. The average molecular weight is 623 g/mol. The summed E-state index contributed by atoms with van der Waals surface area (Å²) in [6.07, 6.45) is 4.64. The number of rotatable bonds is 5. The van der Waals surface area contributed by atoms with Crippen LogP contribution in [-0.2, 0) is 19.1 Å². The minimum Gasteiger partial charge on any atom is -0.461 e. The summed E-state index contributed by atoms with van der Waals surface area (Å²) in [5.74, 6) is 0.162. The number of nitrogens with zero attached hydrogens (tertiary/aromatic N) is 4. The van der Waals surface area contributed by atoms with E-state index in [2.05, 4.69) is 10.6 Å². The van der Waals surface area contributed by atoms with Crippen LogP contribution in [0, 0.1) is 12.8 Å². The summed E-state index contributed by atoms with van der Waals surface area (Å²) >= 11 is 0. The van der Waals surface area contributed by atoms with E-state index in [1.54, 1.807) is 9.80 Å². The van der Waals surface area contributed by atoms with Gasteiger partial charge in [0.25, 0.3) is 0 Å². The molecule has 0 radical (unpaired) electrons. The molecule has 4 amide bonds. The van der Waals surface area contributed by atoms with Gasteiger partial charge in [-0.15, -0.1) is 0 Å². The van der Waals surface area contributed by atoms with E-state index >= 15 is 0 Å². The molecule has 2 N–H and O–H groups in total. The number of ether oxygens (including phenoxy) is 1. The highest BCUT2D eigenvalue weighted by molar-refractivity contribution is 6.06. The van der Waals surface area contributed by atoms with Gasteiger partial charge in [0.1, 0.15) is 23.0 Å². The Morgan fingerprint density at radius 1 is 0.956 bits per heavy atom. The van der Waals surface area contributed by atoms with E-state index in [1.807, 2.05) is 56.9 Å². The Morgan fingerprint density at radius 3 is 2.38 bits per heavy atom. The van der Waals surface area contributed by atoms with Gasteiger partial charge in [-0.25, -0.2) is 9.79 Å². The molecule has 1 aromatic carbocycles. The second-order valence-electron chi connectivity index (χ2n) is 13.3. The second-order valence-corrected chi connectivity index (χ2v) is 13.3. The van der Waals surface area contributed by atoms with Gasteiger partial charge >= 0.3 is 6.09 Å². The number of hydrogen-bond acceptors (Lipinski definition) is 7. The maximum absolute atomic E-state index is 13.7. The number of carbonyl (C=O) groups is 4. The number of likely N-dealkylation sites (tertiary alicyclic amines) is 3. The monoisotopic (exact) mass is 622 g/mol. The zero-order valence-electron chi connectivity index (χ0n) is 26.9. The van der Waals surface area contributed by atoms with Crippen LogP contribution in [0.5, 0.6) is 0 Å². The number of aliphatic imine (C=N–C) groups is 1. The van der Waals surface area contributed by atoms with Crippen molar-refractivity contribution in [2.45, 2.75) is 84.3 Å². The number of nitrogens with one attached hydrogen (secondary N) is 2. The number of aryl methyl sites for hydroxylation is 1. The number of anilines is 1. The first-order valence-corrected chi connectivity index (χ1v) is 16.2. The van der Waals surface area contributed by atoms with Gasteiger partial charge in [-0.05, 0) is 96.9 Å². The third kappa shape index (κ3) is 8.55. The number of amides is 4. The molecule has 4 heterocycles. The lowest BCUT2D eigenvalue weighted by Crippen LogP contribution is -2.48. The van der Waals surface area contributed by atoms with Crippen LogP contribution in [0.15, 0.2) is 33.7 Å². The number of piperidine rings is 1. The van der Waals surface area contributed by atoms with Crippen molar-refractivity contribution >= 4 is 46.4 Å². The molecule has 1 aromatic heterocycles. The van der Waals surface area contributed by atoms with Crippen molar-refractivity contribution in [3.63, 3.8) is 0 Å². The van der Waals surface area contributed by atoms with Gasteiger partial charge in [-0.1, -0.05) is 0 Å². The lowest BCUT2D eigenvalue weighted by atomic mass is 9.96. The quantitative estimate of drug-likeness (QED) is 0.375. The third-order valence-electron chi connectivity index (χ3n) is 8.48. The molecular formula is C33H46N6O6. The first-order chi connectivity index (χ1) is 21.4. The van der Waals surface area contributed by atoms with Gasteiger partial charge in [-0.3, -0.25) is 19.7 Å². The summed E-state index contributed by atoms with van der Waals surface area (Å²) in [5, 5.41) is 7.09. The lowest BCUT2D eigenvalue weighted by molar-refractivity contribution is -0.140. The zero-order chi connectivity index (χ0) is 32.1. The van der Waals surface area contributed by atoms with Gasteiger partial charge in [0.05, 0.1) is 6.54 Å². The topological polar surface area (TPSA) is 137 Å². The number of furan rings is 1. The molecule has 0 spiro atoms. The van der Waals surface area contributed by atoms with E-state index in [1.165, 1.54) is 0 Å². The van der Waals surface area contributed by atoms with E-state index in [0.717, 1.165) is 55.5 Å². The highest BCUT2D eigenvalue weighted by Gasteiger charge is 2.33. The van der Waals surface area contributed by atoms with Crippen LogP contribution in [0.1, 0.15) is 71.5 Å².